The Morgan fingerprint density at radius 3 is 2.33 bits per heavy atom. The lowest BCUT2D eigenvalue weighted by atomic mass is 9.92. The van der Waals surface area contributed by atoms with Crippen molar-refractivity contribution in [2.24, 2.45) is 0 Å². The number of aromatic nitrogens is 4. The van der Waals surface area contributed by atoms with Crippen molar-refractivity contribution in [1.29, 1.82) is 0 Å². The Hall–Kier alpha value is -3.62. The molecule has 9 heteroatoms. The van der Waals surface area contributed by atoms with Crippen LogP contribution in [-0.4, -0.2) is 43.3 Å². The number of pyridine rings is 2. The Balaban J connectivity index is 1.15. The summed E-state index contributed by atoms with van der Waals surface area (Å²) < 4.78 is 1.74. The topological polar surface area (TPSA) is 93.0 Å². The fraction of sp³-hybridized carbons (Fsp3) is 0.424. The molecule has 2 fully saturated rings. The highest BCUT2D eigenvalue weighted by Gasteiger charge is 2.26. The summed E-state index contributed by atoms with van der Waals surface area (Å²) in [5.74, 6) is 1.17. The number of anilines is 2. The van der Waals surface area contributed by atoms with Crippen LogP contribution in [0.1, 0.15) is 90.2 Å². The Labute approximate surface area is 251 Å². The molecule has 4 heterocycles. The number of hydrogen-bond donors (Lipinski definition) is 1. The first-order chi connectivity index (χ1) is 20.4. The molecule has 0 bridgehead atoms. The largest absolute Gasteiger partial charge is 0.323 e. The zero-order valence-electron chi connectivity index (χ0n) is 24.3. The average molecular weight is 585 g/mol. The summed E-state index contributed by atoms with van der Waals surface area (Å²) in [4.78, 5) is 42.5. The maximum absolute atomic E-state index is 13.5. The van der Waals surface area contributed by atoms with Gasteiger partial charge in [0.25, 0.3) is 5.56 Å². The highest BCUT2D eigenvalue weighted by atomic mass is 35.5. The first-order valence-electron chi connectivity index (χ1n) is 14.9. The van der Waals surface area contributed by atoms with Crippen LogP contribution >= 0.6 is 11.6 Å². The fourth-order valence-electron chi connectivity index (χ4n) is 6.54. The third-order valence-electron chi connectivity index (χ3n) is 8.88. The van der Waals surface area contributed by atoms with Gasteiger partial charge in [0.15, 0.2) is 5.78 Å². The summed E-state index contributed by atoms with van der Waals surface area (Å²) >= 11 is 5.92. The summed E-state index contributed by atoms with van der Waals surface area (Å²) in [6.07, 6.45) is 9.67. The van der Waals surface area contributed by atoms with Gasteiger partial charge in [0, 0.05) is 41.7 Å². The molecule has 1 saturated carbocycles. The average Bonchev–Trinajstić information content (AvgIpc) is 3.53. The van der Waals surface area contributed by atoms with Crippen LogP contribution in [0.15, 0.2) is 53.6 Å². The summed E-state index contributed by atoms with van der Waals surface area (Å²) in [6.45, 7) is 6.31. The molecule has 1 aliphatic carbocycles. The van der Waals surface area contributed by atoms with Crippen LogP contribution in [0.3, 0.4) is 0 Å². The van der Waals surface area contributed by atoms with Crippen molar-refractivity contribution in [3.8, 4) is 0 Å². The molecule has 0 amide bonds. The van der Waals surface area contributed by atoms with E-state index in [2.05, 4.69) is 45.5 Å². The number of piperidine rings is 1. The smallest absolute Gasteiger partial charge is 0.263 e. The number of carbonyl (C=O) groups is 1. The molecule has 2 aliphatic rings. The Morgan fingerprint density at radius 2 is 1.69 bits per heavy atom. The van der Waals surface area contributed by atoms with E-state index in [1.54, 1.807) is 10.8 Å². The second-order valence-corrected chi connectivity index (χ2v) is 12.0. The van der Waals surface area contributed by atoms with Crippen molar-refractivity contribution < 1.29 is 4.79 Å². The van der Waals surface area contributed by atoms with Gasteiger partial charge >= 0.3 is 0 Å². The molecule has 1 saturated heterocycles. The van der Waals surface area contributed by atoms with E-state index in [0.29, 0.717) is 29.0 Å². The number of alkyl halides is 1. The molecule has 42 heavy (non-hydrogen) atoms. The molecule has 1 N–H and O–H groups in total. The molecule has 4 aromatic rings. The molecule has 218 valence electrons. The first-order valence-corrected chi connectivity index (χ1v) is 15.5. The second kappa shape index (κ2) is 12.3. The highest BCUT2D eigenvalue weighted by molar-refractivity contribution is 6.17. The highest BCUT2D eigenvalue weighted by Crippen LogP contribution is 2.32. The van der Waals surface area contributed by atoms with Crippen LogP contribution in [0, 0.1) is 6.92 Å². The lowest BCUT2D eigenvalue weighted by Crippen LogP contribution is -2.32. The van der Waals surface area contributed by atoms with E-state index in [9.17, 15) is 9.59 Å². The van der Waals surface area contributed by atoms with Crippen molar-refractivity contribution in [2.75, 3.05) is 18.4 Å². The number of nitrogens with one attached hydrogen (secondary N) is 1. The molecule has 0 spiro atoms. The second-order valence-electron chi connectivity index (χ2n) is 11.7. The number of ketones is 1. The molecule has 8 nitrogen and oxygen atoms in total. The van der Waals surface area contributed by atoms with E-state index >= 15 is 0 Å². The van der Waals surface area contributed by atoms with E-state index < -0.39 is 0 Å². The number of rotatable bonds is 8. The van der Waals surface area contributed by atoms with Crippen LogP contribution in [0.5, 0.6) is 0 Å². The standard InChI is InChI=1S/C33H37ClN6O2/c1-21-28-19-36-33(38-31(28)40(27-5-3-4-6-27)32(42)30(21)22(2)41)37-26-11-12-29(35-18-26)25-13-15-39(16-14-25)20-24-9-7-23(17-34)8-10-24/h7-12,18-19,25,27H,3-6,13-17,20H2,1-2H3,(H,36,37,38). The molecule has 1 aliphatic heterocycles. The minimum Gasteiger partial charge on any atom is -0.323 e. The van der Waals surface area contributed by atoms with E-state index in [4.69, 9.17) is 21.6 Å². The predicted molar refractivity (Wildman–Crippen MR) is 167 cm³/mol. The van der Waals surface area contributed by atoms with E-state index in [0.717, 1.165) is 80.5 Å². The van der Waals surface area contributed by atoms with E-state index in [1.807, 2.05) is 19.2 Å². The maximum Gasteiger partial charge on any atom is 0.263 e. The van der Waals surface area contributed by atoms with Crippen LogP contribution in [0.4, 0.5) is 11.6 Å². The Bertz CT molecular complexity index is 1640. The number of aryl methyl sites for hydroxylation is 1. The first kappa shape index (κ1) is 28.5. The van der Waals surface area contributed by atoms with Gasteiger partial charge in [-0.15, -0.1) is 11.6 Å². The predicted octanol–water partition coefficient (Wildman–Crippen LogP) is 6.67. The number of hydrogen-bond acceptors (Lipinski definition) is 7. The molecular formula is C33H37ClN6O2. The van der Waals surface area contributed by atoms with Gasteiger partial charge in [0.05, 0.1) is 17.4 Å². The Kier molecular flexibility index (Phi) is 8.36. The third kappa shape index (κ3) is 5.83. The van der Waals surface area contributed by atoms with Crippen LogP contribution in [-0.2, 0) is 12.4 Å². The summed E-state index contributed by atoms with van der Waals surface area (Å²) in [5, 5.41) is 4.02. The molecular weight excluding hydrogens is 548 g/mol. The molecule has 0 radical (unpaired) electrons. The summed E-state index contributed by atoms with van der Waals surface area (Å²) in [7, 11) is 0. The normalized spacial score (nSPS) is 16.7. The monoisotopic (exact) mass is 584 g/mol. The number of nitrogens with zero attached hydrogens (tertiary/aromatic N) is 5. The SMILES string of the molecule is CC(=O)c1c(C)c2cnc(Nc3ccc(C4CCN(Cc5ccc(CCl)cc5)CC4)nc3)nc2n(C2CCCC2)c1=O. The van der Waals surface area contributed by atoms with Gasteiger partial charge < -0.3 is 5.32 Å². The number of carbonyl (C=O) groups excluding carboxylic acids is 1. The minimum absolute atomic E-state index is 0.0465. The quantitative estimate of drug-likeness (QED) is 0.182. The Morgan fingerprint density at radius 1 is 0.976 bits per heavy atom. The van der Waals surface area contributed by atoms with E-state index in [-0.39, 0.29) is 22.9 Å². The zero-order chi connectivity index (χ0) is 29.2. The summed E-state index contributed by atoms with van der Waals surface area (Å²) in [6, 6.07) is 12.7. The van der Waals surface area contributed by atoms with Gasteiger partial charge in [0.2, 0.25) is 5.95 Å². The minimum atomic E-state index is -0.245. The number of fused-ring (bicyclic) bond motifs is 1. The van der Waals surface area contributed by atoms with Gasteiger partial charge in [-0.3, -0.25) is 24.0 Å². The fourth-order valence-corrected chi connectivity index (χ4v) is 6.72. The zero-order valence-corrected chi connectivity index (χ0v) is 25.0. The van der Waals surface area contributed by atoms with Gasteiger partial charge in [-0.2, -0.15) is 4.98 Å². The van der Waals surface area contributed by atoms with Crippen molar-refractivity contribution in [1.82, 2.24) is 24.4 Å². The molecule has 1 aromatic carbocycles. The van der Waals surface area contributed by atoms with Gasteiger partial charge in [-0.05, 0) is 81.4 Å². The number of Topliss-reactive ketones (excluding diaryl/α,β-unsaturated/α-hetero) is 1. The maximum atomic E-state index is 13.5. The molecule has 0 unspecified atom stereocenters. The van der Waals surface area contributed by atoms with Gasteiger partial charge in [0.1, 0.15) is 5.65 Å². The lowest BCUT2D eigenvalue weighted by molar-refractivity contribution is 0.101. The van der Waals surface area contributed by atoms with Crippen LogP contribution in [0.25, 0.3) is 11.0 Å². The number of likely N-dealkylation sites (tertiary alicyclic amines) is 1. The molecule has 6 rings (SSSR count). The molecule has 3 aromatic heterocycles. The van der Waals surface area contributed by atoms with Crippen molar-refractivity contribution >= 4 is 40.1 Å². The lowest BCUT2D eigenvalue weighted by Gasteiger charge is -2.31. The summed E-state index contributed by atoms with van der Waals surface area (Å²) in [5.41, 5.74) is 5.59. The number of halogens is 1. The molecule has 0 atom stereocenters. The van der Waals surface area contributed by atoms with Crippen molar-refractivity contribution in [3.05, 3.63) is 87.1 Å². The van der Waals surface area contributed by atoms with Crippen molar-refractivity contribution in [3.63, 3.8) is 0 Å². The third-order valence-corrected chi connectivity index (χ3v) is 9.19. The van der Waals surface area contributed by atoms with Crippen molar-refractivity contribution in [2.45, 2.75) is 76.8 Å². The van der Waals surface area contributed by atoms with Crippen LogP contribution < -0.4 is 10.9 Å². The van der Waals surface area contributed by atoms with E-state index in [1.165, 1.54) is 12.5 Å². The van der Waals surface area contributed by atoms with Gasteiger partial charge in [-0.1, -0.05) is 37.1 Å². The number of benzene rings is 1. The van der Waals surface area contributed by atoms with Crippen LogP contribution in [0.2, 0.25) is 0 Å². The van der Waals surface area contributed by atoms with Gasteiger partial charge in [-0.25, -0.2) is 4.98 Å².